The number of hydrogen-bond acceptors (Lipinski definition) is 4. The van der Waals surface area contributed by atoms with Crippen molar-refractivity contribution in [1.29, 1.82) is 0 Å². The van der Waals surface area contributed by atoms with E-state index in [1.165, 1.54) is 12.3 Å². The summed E-state index contributed by atoms with van der Waals surface area (Å²) >= 11 is 0. The molecule has 92 valence electrons. The molecule has 5 heteroatoms. The van der Waals surface area contributed by atoms with Gasteiger partial charge in [-0.05, 0) is 42.8 Å². The van der Waals surface area contributed by atoms with E-state index in [0.717, 1.165) is 0 Å². The minimum atomic E-state index is -0.260. The van der Waals surface area contributed by atoms with Crippen molar-refractivity contribution in [3.8, 4) is 5.75 Å². The molecule has 1 aromatic heterocycles. The Kier molecular flexibility index (Phi) is 3.14. The first kappa shape index (κ1) is 11.9. The SMILES string of the molecule is Cc1cc(C(=O)Nc2ccc(N)nc2)ccc1O. The third kappa shape index (κ3) is 2.57. The molecule has 0 atom stereocenters. The van der Waals surface area contributed by atoms with E-state index in [1.807, 2.05) is 0 Å². The van der Waals surface area contributed by atoms with Crippen molar-refractivity contribution in [2.24, 2.45) is 0 Å². The highest BCUT2D eigenvalue weighted by molar-refractivity contribution is 6.04. The van der Waals surface area contributed by atoms with Crippen LogP contribution in [-0.4, -0.2) is 16.0 Å². The zero-order chi connectivity index (χ0) is 13.1. The molecule has 2 aromatic rings. The number of pyridine rings is 1. The zero-order valence-corrected chi connectivity index (χ0v) is 9.84. The first-order chi connectivity index (χ1) is 8.56. The Balaban J connectivity index is 2.16. The third-order valence-corrected chi connectivity index (χ3v) is 2.50. The minimum absolute atomic E-state index is 0.167. The first-order valence-corrected chi connectivity index (χ1v) is 5.39. The Hall–Kier alpha value is -2.56. The van der Waals surface area contributed by atoms with Crippen molar-refractivity contribution in [1.82, 2.24) is 4.98 Å². The molecule has 1 amide bonds. The molecule has 0 bridgehead atoms. The third-order valence-electron chi connectivity index (χ3n) is 2.50. The average Bonchev–Trinajstić information content (AvgIpc) is 2.35. The lowest BCUT2D eigenvalue weighted by Gasteiger charge is -2.06. The van der Waals surface area contributed by atoms with Crippen LogP contribution >= 0.6 is 0 Å². The highest BCUT2D eigenvalue weighted by Crippen LogP contribution is 2.18. The second-order valence-electron chi connectivity index (χ2n) is 3.93. The summed E-state index contributed by atoms with van der Waals surface area (Å²) in [6.45, 7) is 1.73. The number of aryl methyl sites for hydroxylation is 1. The smallest absolute Gasteiger partial charge is 0.255 e. The summed E-state index contributed by atoms with van der Waals surface area (Å²) in [5.74, 6) is 0.304. The van der Waals surface area contributed by atoms with Gasteiger partial charge >= 0.3 is 0 Å². The summed E-state index contributed by atoms with van der Waals surface area (Å²) in [7, 11) is 0. The lowest BCUT2D eigenvalue weighted by atomic mass is 10.1. The molecule has 0 aliphatic rings. The summed E-state index contributed by atoms with van der Waals surface area (Å²) in [4.78, 5) is 15.8. The second kappa shape index (κ2) is 4.75. The van der Waals surface area contributed by atoms with Gasteiger partial charge in [-0.1, -0.05) is 0 Å². The first-order valence-electron chi connectivity index (χ1n) is 5.39. The number of phenols is 1. The van der Waals surface area contributed by atoms with Crippen LogP contribution in [0.15, 0.2) is 36.5 Å². The fourth-order valence-electron chi connectivity index (χ4n) is 1.48. The maximum Gasteiger partial charge on any atom is 0.255 e. The van der Waals surface area contributed by atoms with Crippen molar-refractivity contribution in [2.45, 2.75) is 6.92 Å². The van der Waals surface area contributed by atoms with Crippen LogP contribution in [0.2, 0.25) is 0 Å². The zero-order valence-electron chi connectivity index (χ0n) is 9.84. The van der Waals surface area contributed by atoms with E-state index in [2.05, 4.69) is 10.3 Å². The van der Waals surface area contributed by atoms with E-state index in [1.54, 1.807) is 31.2 Å². The number of anilines is 2. The Morgan fingerprint density at radius 3 is 2.72 bits per heavy atom. The maximum atomic E-state index is 11.9. The Bertz CT molecular complexity index is 579. The number of nitrogens with one attached hydrogen (secondary N) is 1. The summed E-state index contributed by atoms with van der Waals surface area (Å²) < 4.78 is 0. The predicted octanol–water partition coefficient (Wildman–Crippen LogP) is 1.93. The maximum absolute atomic E-state index is 11.9. The van der Waals surface area contributed by atoms with E-state index < -0.39 is 0 Å². The minimum Gasteiger partial charge on any atom is -0.508 e. The van der Waals surface area contributed by atoms with Crippen LogP contribution in [0.1, 0.15) is 15.9 Å². The molecule has 1 aromatic carbocycles. The highest BCUT2D eigenvalue weighted by atomic mass is 16.3. The number of aromatic nitrogens is 1. The molecule has 5 nitrogen and oxygen atoms in total. The quantitative estimate of drug-likeness (QED) is 0.752. The fraction of sp³-hybridized carbons (Fsp3) is 0.0769. The molecule has 1 heterocycles. The predicted molar refractivity (Wildman–Crippen MR) is 69.4 cm³/mol. The van der Waals surface area contributed by atoms with E-state index in [-0.39, 0.29) is 11.7 Å². The largest absolute Gasteiger partial charge is 0.508 e. The summed E-state index contributed by atoms with van der Waals surface area (Å²) in [5, 5.41) is 12.1. The number of carbonyl (C=O) groups excluding carboxylic acids is 1. The molecule has 0 radical (unpaired) electrons. The standard InChI is InChI=1S/C13H13N3O2/c1-8-6-9(2-4-11(8)17)13(18)16-10-3-5-12(14)15-7-10/h2-7,17H,1H3,(H2,14,15)(H,16,18). The van der Waals surface area contributed by atoms with Gasteiger partial charge < -0.3 is 16.2 Å². The van der Waals surface area contributed by atoms with Gasteiger partial charge in [-0.15, -0.1) is 0 Å². The topological polar surface area (TPSA) is 88.2 Å². The summed E-state index contributed by atoms with van der Waals surface area (Å²) in [5.41, 5.74) is 7.15. The van der Waals surface area contributed by atoms with Crippen molar-refractivity contribution in [3.05, 3.63) is 47.7 Å². The number of carbonyl (C=O) groups is 1. The Labute approximate surface area is 104 Å². The van der Waals surface area contributed by atoms with E-state index >= 15 is 0 Å². The van der Waals surface area contributed by atoms with Gasteiger partial charge in [-0.3, -0.25) is 4.79 Å². The molecule has 0 aliphatic heterocycles. The van der Waals surface area contributed by atoms with Gasteiger partial charge in [-0.25, -0.2) is 4.98 Å². The van der Waals surface area contributed by atoms with Gasteiger partial charge in [0.1, 0.15) is 11.6 Å². The van der Waals surface area contributed by atoms with E-state index in [9.17, 15) is 9.90 Å². The van der Waals surface area contributed by atoms with Crippen molar-refractivity contribution >= 4 is 17.4 Å². The van der Waals surface area contributed by atoms with Crippen molar-refractivity contribution in [2.75, 3.05) is 11.1 Å². The lowest BCUT2D eigenvalue weighted by Crippen LogP contribution is -2.12. The Morgan fingerprint density at radius 2 is 2.11 bits per heavy atom. The number of rotatable bonds is 2. The van der Waals surface area contributed by atoms with Crippen LogP contribution in [0.3, 0.4) is 0 Å². The molecular formula is C13H13N3O2. The monoisotopic (exact) mass is 243 g/mol. The number of nitrogens with zero attached hydrogens (tertiary/aromatic N) is 1. The Morgan fingerprint density at radius 1 is 1.33 bits per heavy atom. The van der Waals surface area contributed by atoms with Crippen molar-refractivity contribution < 1.29 is 9.90 Å². The number of phenolic OH excluding ortho intramolecular Hbond substituents is 1. The molecule has 2 rings (SSSR count). The van der Waals surface area contributed by atoms with Gasteiger partial charge in [0.05, 0.1) is 11.9 Å². The van der Waals surface area contributed by atoms with E-state index in [0.29, 0.717) is 22.6 Å². The van der Waals surface area contributed by atoms with Crippen molar-refractivity contribution in [3.63, 3.8) is 0 Å². The fourth-order valence-corrected chi connectivity index (χ4v) is 1.48. The highest BCUT2D eigenvalue weighted by Gasteiger charge is 2.07. The molecule has 0 saturated carbocycles. The average molecular weight is 243 g/mol. The van der Waals surface area contributed by atoms with Gasteiger partial charge in [-0.2, -0.15) is 0 Å². The lowest BCUT2D eigenvalue weighted by molar-refractivity contribution is 0.102. The van der Waals surface area contributed by atoms with Crippen LogP contribution in [-0.2, 0) is 0 Å². The number of hydrogen-bond donors (Lipinski definition) is 3. The van der Waals surface area contributed by atoms with Crippen LogP contribution in [0, 0.1) is 6.92 Å². The van der Waals surface area contributed by atoms with Crippen LogP contribution in [0.25, 0.3) is 0 Å². The number of benzene rings is 1. The second-order valence-corrected chi connectivity index (χ2v) is 3.93. The molecule has 0 aliphatic carbocycles. The summed E-state index contributed by atoms with van der Waals surface area (Å²) in [6.07, 6.45) is 1.49. The molecule has 0 fully saturated rings. The van der Waals surface area contributed by atoms with E-state index in [4.69, 9.17) is 5.73 Å². The van der Waals surface area contributed by atoms with Gasteiger partial charge in [0, 0.05) is 5.56 Å². The molecule has 0 unspecified atom stereocenters. The molecule has 0 saturated heterocycles. The normalized spacial score (nSPS) is 10.1. The van der Waals surface area contributed by atoms with Gasteiger partial charge in [0.25, 0.3) is 5.91 Å². The van der Waals surface area contributed by atoms with Crippen LogP contribution < -0.4 is 11.1 Å². The van der Waals surface area contributed by atoms with Gasteiger partial charge in [0.2, 0.25) is 0 Å². The molecule has 18 heavy (non-hydrogen) atoms. The molecular weight excluding hydrogens is 230 g/mol. The van der Waals surface area contributed by atoms with Gasteiger partial charge in [0.15, 0.2) is 0 Å². The van der Waals surface area contributed by atoms with Crippen LogP contribution in [0.4, 0.5) is 11.5 Å². The molecule has 4 N–H and O–H groups in total. The number of nitrogens with two attached hydrogens (primary N) is 1. The van der Waals surface area contributed by atoms with Crippen LogP contribution in [0.5, 0.6) is 5.75 Å². The molecule has 0 spiro atoms. The number of nitrogen functional groups attached to an aromatic ring is 1. The number of aromatic hydroxyl groups is 1. The number of amides is 1. The summed E-state index contributed by atoms with van der Waals surface area (Å²) in [6, 6.07) is 7.95.